The summed E-state index contributed by atoms with van der Waals surface area (Å²) in [6.07, 6.45) is 3.63. The molecule has 1 amide bonds. The summed E-state index contributed by atoms with van der Waals surface area (Å²) in [7, 11) is 0. The van der Waals surface area contributed by atoms with Gasteiger partial charge < -0.3 is 10.1 Å². The van der Waals surface area contributed by atoms with Gasteiger partial charge in [-0.1, -0.05) is 27.7 Å². The van der Waals surface area contributed by atoms with E-state index in [-0.39, 0.29) is 11.2 Å². The molecule has 1 heterocycles. The Hall–Kier alpha value is -2.25. The van der Waals surface area contributed by atoms with Gasteiger partial charge in [-0.3, -0.25) is 9.36 Å². The molecule has 1 atom stereocenters. The minimum absolute atomic E-state index is 0.0745. The third kappa shape index (κ3) is 5.14. The van der Waals surface area contributed by atoms with Crippen molar-refractivity contribution in [2.45, 2.75) is 24.3 Å². The molecule has 3 aromatic rings. The van der Waals surface area contributed by atoms with Gasteiger partial charge in [0.2, 0.25) is 5.91 Å². The highest BCUT2D eigenvalue weighted by molar-refractivity contribution is 9.10. The van der Waals surface area contributed by atoms with E-state index in [1.54, 1.807) is 6.20 Å². The number of rotatable bonds is 7. The molecule has 2 aromatic carbocycles. The highest BCUT2D eigenvalue weighted by atomic mass is 79.9. The molecule has 0 saturated carbocycles. The van der Waals surface area contributed by atoms with Crippen LogP contribution >= 0.6 is 27.7 Å². The number of thioether (sulfide) groups is 1. The van der Waals surface area contributed by atoms with E-state index < -0.39 is 0 Å². The van der Waals surface area contributed by atoms with Gasteiger partial charge in [0.25, 0.3) is 0 Å². The van der Waals surface area contributed by atoms with Crippen LogP contribution in [0.25, 0.3) is 5.69 Å². The number of halogens is 1. The van der Waals surface area contributed by atoms with Gasteiger partial charge in [-0.2, -0.15) is 0 Å². The maximum absolute atomic E-state index is 12.5. The van der Waals surface area contributed by atoms with Gasteiger partial charge in [0.15, 0.2) is 5.16 Å². The van der Waals surface area contributed by atoms with E-state index in [0.717, 1.165) is 26.8 Å². The first kappa shape index (κ1) is 19.5. The third-order valence-electron chi connectivity index (χ3n) is 3.80. The van der Waals surface area contributed by atoms with Gasteiger partial charge in [-0.05, 0) is 62.4 Å². The van der Waals surface area contributed by atoms with E-state index in [1.165, 1.54) is 11.8 Å². The largest absolute Gasteiger partial charge is 0.494 e. The number of hydrogen-bond acceptors (Lipinski definition) is 4. The van der Waals surface area contributed by atoms with Crippen LogP contribution in [-0.2, 0) is 4.79 Å². The van der Waals surface area contributed by atoms with Crippen molar-refractivity contribution in [3.8, 4) is 11.4 Å². The summed E-state index contributed by atoms with van der Waals surface area (Å²) >= 11 is 4.86. The van der Waals surface area contributed by atoms with Crippen LogP contribution in [0.3, 0.4) is 0 Å². The number of anilines is 1. The number of carbonyl (C=O) groups excluding carboxylic acids is 1. The standard InChI is InChI=1S/C20H20BrN3O2S/c1-3-26-18-10-6-16(7-11-18)23-19(25)14(2)27-20-22-12-13-24(20)17-8-4-15(21)5-9-17/h4-14H,3H2,1-2H3,(H,23,25). The molecule has 3 rings (SSSR count). The average molecular weight is 446 g/mol. The van der Waals surface area contributed by atoms with Crippen molar-refractivity contribution < 1.29 is 9.53 Å². The zero-order valence-electron chi connectivity index (χ0n) is 15.1. The van der Waals surface area contributed by atoms with Crippen LogP contribution in [0.5, 0.6) is 5.75 Å². The highest BCUT2D eigenvalue weighted by Gasteiger charge is 2.18. The first-order valence-corrected chi connectivity index (χ1v) is 10.2. The average Bonchev–Trinajstić information content (AvgIpc) is 3.12. The number of imidazole rings is 1. The number of ether oxygens (including phenoxy) is 1. The number of aromatic nitrogens is 2. The first-order valence-electron chi connectivity index (χ1n) is 8.56. The Morgan fingerprint density at radius 3 is 2.59 bits per heavy atom. The van der Waals surface area contributed by atoms with Crippen molar-refractivity contribution in [1.82, 2.24) is 9.55 Å². The van der Waals surface area contributed by atoms with Crippen molar-refractivity contribution >= 4 is 39.3 Å². The number of hydrogen-bond donors (Lipinski definition) is 1. The number of nitrogens with zero attached hydrogens (tertiary/aromatic N) is 2. The quantitative estimate of drug-likeness (QED) is 0.510. The van der Waals surface area contributed by atoms with Crippen molar-refractivity contribution in [3.05, 3.63) is 65.4 Å². The summed E-state index contributed by atoms with van der Waals surface area (Å²) in [6.45, 7) is 4.42. The maximum atomic E-state index is 12.5. The Bertz CT molecular complexity index is 894. The number of benzene rings is 2. The number of amides is 1. The molecule has 0 bridgehead atoms. The van der Waals surface area contributed by atoms with Crippen LogP contribution in [0.15, 0.2) is 70.6 Å². The molecule has 0 aliphatic carbocycles. The van der Waals surface area contributed by atoms with Crippen molar-refractivity contribution in [3.63, 3.8) is 0 Å². The van der Waals surface area contributed by atoms with Crippen molar-refractivity contribution in [1.29, 1.82) is 0 Å². The van der Waals surface area contributed by atoms with Gasteiger partial charge in [-0.15, -0.1) is 0 Å². The van der Waals surface area contributed by atoms with Gasteiger partial charge in [-0.25, -0.2) is 4.98 Å². The lowest BCUT2D eigenvalue weighted by molar-refractivity contribution is -0.115. The molecule has 140 valence electrons. The monoisotopic (exact) mass is 445 g/mol. The van der Waals surface area contributed by atoms with Gasteiger partial charge in [0, 0.05) is 28.2 Å². The van der Waals surface area contributed by atoms with Crippen LogP contribution < -0.4 is 10.1 Å². The Morgan fingerprint density at radius 1 is 1.22 bits per heavy atom. The molecule has 1 aromatic heterocycles. The molecule has 0 saturated heterocycles. The predicted octanol–water partition coefficient (Wildman–Crippen LogP) is 5.15. The summed E-state index contributed by atoms with van der Waals surface area (Å²) in [6, 6.07) is 15.3. The van der Waals surface area contributed by atoms with E-state index in [2.05, 4.69) is 26.2 Å². The van der Waals surface area contributed by atoms with Crippen LogP contribution in [0.2, 0.25) is 0 Å². The third-order valence-corrected chi connectivity index (χ3v) is 5.41. The Morgan fingerprint density at radius 2 is 1.93 bits per heavy atom. The fourth-order valence-electron chi connectivity index (χ4n) is 2.43. The minimum atomic E-state index is -0.298. The van der Waals surface area contributed by atoms with E-state index in [4.69, 9.17) is 4.74 Å². The summed E-state index contributed by atoms with van der Waals surface area (Å²) < 4.78 is 8.40. The van der Waals surface area contributed by atoms with Gasteiger partial charge >= 0.3 is 0 Å². The molecule has 1 unspecified atom stereocenters. The molecular weight excluding hydrogens is 426 g/mol. The molecule has 0 spiro atoms. The molecule has 27 heavy (non-hydrogen) atoms. The zero-order chi connectivity index (χ0) is 19.2. The lowest BCUT2D eigenvalue weighted by Gasteiger charge is -2.13. The van der Waals surface area contributed by atoms with Crippen molar-refractivity contribution in [2.24, 2.45) is 0 Å². The smallest absolute Gasteiger partial charge is 0.237 e. The molecule has 0 fully saturated rings. The topological polar surface area (TPSA) is 56.1 Å². The summed E-state index contributed by atoms with van der Waals surface area (Å²) in [5, 5.41) is 3.40. The zero-order valence-corrected chi connectivity index (χ0v) is 17.5. The number of carbonyl (C=O) groups is 1. The maximum Gasteiger partial charge on any atom is 0.237 e. The molecule has 0 aliphatic rings. The van der Waals surface area contributed by atoms with E-state index in [9.17, 15) is 4.79 Å². The lowest BCUT2D eigenvalue weighted by Crippen LogP contribution is -2.22. The Labute approximate surface area is 171 Å². The molecule has 0 radical (unpaired) electrons. The SMILES string of the molecule is CCOc1ccc(NC(=O)C(C)Sc2nccn2-c2ccc(Br)cc2)cc1. The van der Waals surface area contributed by atoms with Crippen LogP contribution in [0.1, 0.15) is 13.8 Å². The lowest BCUT2D eigenvalue weighted by atomic mass is 10.3. The van der Waals surface area contributed by atoms with Gasteiger partial charge in [0.1, 0.15) is 5.75 Å². The fourth-order valence-corrected chi connectivity index (χ4v) is 3.58. The van der Waals surface area contributed by atoms with Crippen LogP contribution in [0.4, 0.5) is 5.69 Å². The summed E-state index contributed by atoms with van der Waals surface area (Å²) in [4.78, 5) is 16.9. The predicted molar refractivity (Wildman–Crippen MR) is 113 cm³/mol. The highest BCUT2D eigenvalue weighted by Crippen LogP contribution is 2.26. The van der Waals surface area contributed by atoms with E-state index >= 15 is 0 Å². The second kappa shape index (κ2) is 9.10. The van der Waals surface area contributed by atoms with E-state index in [1.807, 2.05) is 73.1 Å². The van der Waals surface area contributed by atoms with E-state index in [0.29, 0.717) is 6.61 Å². The molecule has 1 N–H and O–H groups in total. The Balaban J connectivity index is 1.65. The number of nitrogens with one attached hydrogen (secondary N) is 1. The molecule has 7 heteroatoms. The minimum Gasteiger partial charge on any atom is -0.494 e. The molecule has 0 aliphatic heterocycles. The molecule has 5 nitrogen and oxygen atoms in total. The van der Waals surface area contributed by atoms with Gasteiger partial charge in [0.05, 0.1) is 11.9 Å². The normalized spacial score (nSPS) is 11.8. The molecular formula is C20H20BrN3O2S. The van der Waals surface area contributed by atoms with Crippen LogP contribution in [-0.4, -0.2) is 27.3 Å². The van der Waals surface area contributed by atoms with Crippen LogP contribution in [0, 0.1) is 0 Å². The second-order valence-corrected chi connectivity index (χ2v) is 7.99. The summed E-state index contributed by atoms with van der Waals surface area (Å²) in [5.41, 5.74) is 1.74. The summed E-state index contributed by atoms with van der Waals surface area (Å²) in [5.74, 6) is 0.712. The van der Waals surface area contributed by atoms with Crippen molar-refractivity contribution in [2.75, 3.05) is 11.9 Å². The Kier molecular flexibility index (Phi) is 6.58. The first-order chi connectivity index (χ1) is 13.1. The second-order valence-electron chi connectivity index (χ2n) is 5.76. The fraction of sp³-hybridized carbons (Fsp3) is 0.200.